The van der Waals surface area contributed by atoms with E-state index in [1.807, 2.05) is 4.90 Å². The molecular formula is C11H15N3O2. The van der Waals surface area contributed by atoms with E-state index in [1.165, 1.54) is 12.3 Å². The molecule has 16 heavy (non-hydrogen) atoms. The van der Waals surface area contributed by atoms with Crippen molar-refractivity contribution in [3.8, 4) is 0 Å². The van der Waals surface area contributed by atoms with Crippen molar-refractivity contribution in [1.29, 1.82) is 0 Å². The molecule has 2 atom stereocenters. The van der Waals surface area contributed by atoms with Crippen molar-refractivity contribution in [2.45, 2.75) is 13.8 Å². The van der Waals surface area contributed by atoms with Crippen LogP contribution >= 0.6 is 0 Å². The molecule has 0 radical (unpaired) electrons. The zero-order valence-corrected chi connectivity index (χ0v) is 9.42. The predicted octanol–water partition coefficient (Wildman–Crippen LogP) is 1.27. The third-order valence-electron chi connectivity index (χ3n) is 3.13. The first-order valence-electron chi connectivity index (χ1n) is 5.39. The van der Waals surface area contributed by atoms with Crippen molar-refractivity contribution >= 4 is 11.9 Å². The summed E-state index contributed by atoms with van der Waals surface area (Å²) in [7, 11) is 0. The molecule has 1 fully saturated rings. The van der Waals surface area contributed by atoms with Crippen LogP contribution in [0, 0.1) is 11.8 Å². The largest absolute Gasteiger partial charge is 0.477 e. The van der Waals surface area contributed by atoms with Gasteiger partial charge in [-0.05, 0) is 17.9 Å². The van der Waals surface area contributed by atoms with E-state index in [2.05, 4.69) is 23.8 Å². The Morgan fingerprint density at radius 2 is 2.06 bits per heavy atom. The molecule has 2 unspecified atom stereocenters. The highest BCUT2D eigenvalue weighted by Crippen LogP contribution is 2.25. The molecular weight excluding hydrogens is 206 g/mol. The van der Waals surface area contributed by atoms with Gasteiger partial charge in [0.2, 0.25) is 5.95 Å². The molecule has 0 spiro atoms. The van der Waals surface area contributed by atoms with Crippen LogP contribution in [-0.4, -0.2) is 34.1 Å². The van der Waals surface area contributed by atoms with Gasteiger partial charge in [-0.2, -0.15) is 0 Å². The molecule has 1 aromatic rings. The van der Waals surface area contributed by atoms with Gasteiger partial charge in [-0.15, -0.1) is 0 Å². The Morgan fingerprint density at radius 3 is 2.62 bits per heavy atom. The van der Waals surface area contributed by atoms with E-state index >= 15 is 0 Å². The van der Waals surface area contributed by atoms with Gasteiger partial charge < -0.3 is 10.0 Å². The zero-order valence-electron chi connectivity index (χ0n) is 9.42. The maximum Gasteiger partial charge on any atom is 0.354 e. The number of hydrogen-bond acceptors (Lipinski definition) is 4. The molecule has 0 amide bonds. The van der Waals surface area contributed by atoms with Gasteiger partial charge in [-0.1, -0.05) is 13.8 Å². The fraction of sp³-hybridized carbons (Fsp3) is 0.545. The van der Waals surface area contributed by atoms with Crippen LogP contribution in [0.4, 0.5) is 5.95 Å². The minimum absolute atomic E-state index is 0.0530. The lowest BCUT2D eigenvalue weighted by Crippen LogP contribution is -2.22. The van der Waals surface area contributed by atoms with Crippen LogP contribution in [0.1, 0.15) is 24.3 Å². The maximum atomic E-state index is 10.8. The number of carboxylic acids is 1. The first-order chi connectivity index (χ1) is 7.58. The van der Waals surface area contributed by atoms with E-state index in [4.69, 9.17) is 5.11 Å². The van der Waals surface area contributed by atoms with Gasteiger partial charge >= 0.3 is 5.97 Å². The summed E-state index contributed by atoms with van der Waals surface area (Å²) in [6.45, 7) is 6.16. The molecule has 1 N–H and O–H groups in total. The van der Waals surface area contributed by atoms with Crippen molar-refractivity contribution in [3.63, 3.8) is 0 Å². The second kappa shape index (κ2) is 4.08. The van der Waals surface area contributed by atoms with Gasteiger partial charge in [0.25, 0.3) is 0 Å². The number of nitrogens with zero attached hydrogens (tertiary/aromatic N) is 3. The minimum atomic E-state index is -1.01. The quantitative estimate of drug-likeness (QED) is 0.814. The summed E-state index contributed by atoms with van der Waals surface area (Å²) >= 11 is 0. The zero-order chi connectivity index (χ0) is 11.7. The van der Waals surface area contributed by atoms with Gasteiger partial charge in [0.05, 0.1) is 0 Å². The number of carbonyl (C=O) groups is 1. The molecule has 5 heteroatoms. The first kappa shape index (κ1) is 10.9. The summed E-state index contributed by atoms with van der Waals surface area (Å²) in [5.74, 6) is 0.703. The molecule has 0 saturated carbocycles. The lowest BCUT2D eigenvalue weighted by atomic mass is 10.0. The van der Waals surface area contributed by atoms with Crippen molar-refractivity contribution in [3.05, 3.63) is 18.0 Å². The van der Waals surface area contributed by atoms with Crippen LogP contribution in [0.3, 0.4) is 0 Å². The SMILES string of the molecule is CC1CN(c2nccc(C(=O)O)n2)CC1C. The fourth-order valence-electron chi connectivity index (χ4n) is 1.91. The Labute approximate surface area is 94.1 Å². The van der Waals surface area contributed by atoms with Crippen LogP contribution in [0.15, 0.2) is 12.3 Å². The maximum absolute atomic E-state index is 10.8. The predicted molar refractivity (Wildman–Crippen MR) is 59.5 cm³/mol. The topological polar surface area (TPSA) is 66.3 Å². The fourth-order valence-corrected chi connectivity index (χ4v) is 1.91. The Hall–Kier alpha value is -1.65. The first-order valence-corrected chi connectivity index (χ1v) is 5.39. The lowest BCUT2D eigenvalue weighted by molar-refractivity contribution is 0.0690. The Kier molecular flexibility index (Phi) is 2.77. The van der Waals surface area contributed by atoms with Crippen LogP contribution in [-0.2, 0) is 0 Å². The van der Waals surface area contributed by atoms with Gasteiger partial charge in [0.15, 0.2) is 5.69 Å². The Morgan fingerprint density at radius 1 is 1.44 bits per heavy atom. The molecule has 2 heterocycles. The standard InChI is InChI=1S/C11H15N3O2/c1-7-5-14(6-8(7)2)11-12-4-3-9(13-11)10(15)16/h3-4,7-8H,5-6H2,1-2H3,(H,15,16). The van der Waals surface area contributed by atoms with Crippen molar-refractivity contribution < 1.29 is 9.90 Å². The molecule has 1 saturated heterocycles. The average molecular weight is 221 g/mol. The summed E-state index contributed by atoms with van der Waals surface area (Å²) in [6, 6.07) is 1.41. The van der Waals surface area contributed by atoms with Crippen molar-refractivity contribution in [1.82, 2.24) is 9.97 Å². The van der Waals surface area contributed by atoms with Crippen molar-refractivity contribution in [2.75, 3.05) is 18.0 Å². The van der Waals surface area contributed by atoms with E-state index in [0.717, 1.165) is 13.1 Å². The molecule has 5 nitrogen and oxygen atoms in total. The molecule has 0 bridgehead atoms. The molecule has 0 aliphatic carbocycles. The van der Waals surface area contributed by atoms with E-state index in [1.54, 1.807) is 0 Å². The van der Waals surface area contributed by atoms with E-state index < -0.39 is 5.97 Å². The second-order valence-corrected chi connectivity index (χ2v) is 4.41. The summed E-state index contributed by atoms with van der Waals surface area (Å²) in [6.07, 6.45) is 1.50. The Balaban J connectivity index is 2.21. The number of hydrogen-bond donors (Lipinski definition) is 1. The molecule has 86 valence electrons. The van der Waals surface area contributed by atoms with Gasteiger partial charge in [-0.3, -0.25) is 0 Å². The van der Waals surface area contributed by atoms with Crippen LogP contribution in [0.2, 0.25) is 0 Å². The van der Waals surface area contributed by atoms with E-state index in [9.17, 15) is 4.79 Å². The minimum Gasteiger partial charge on any atom is -0.477 e. The molecule has 1 aliphatic rings. The number of aromatic carboxylic acids is 1. The summed E-state index contributed by atoms with van der Waals surface area (Å²) in [4.78, 5) is 21.0. The van der Waals surface area contributed by atoms with Crippen LogP contribution < -0.4 is 4.90 Å². The summed E-state index contributed by atoms with van der Waals surface area (Å²) in [5, 5.41) is 8.85. The van der Waals surface area contributed by atoms with Gasteiger partial charge in [0, 0.05) is 19.3 Å². The third-order valence-corrected chi connectivity index (χ3v) is 3.13. The van der Waals surface area contributed by atoms with Gasteiger partial charge in [0.1, 0.15) is 0 Å². The van der Waals surface area contributed by atoms with Crippen LogP contribution in [0.25, 0.3) is 0 Å². The van der Waals surface area contributed by atoms with E-state index in [-0.39, 0.29) is 5.69 Å². The number of rotatable bonds is 2. The monoisotopic (exact) mass is 221 g/mol. The number of aromatic nitrogens is 2. The highest BCUT2D eigenvalue weighted by molar-refractivity contribution is 5.85. The number of carboxylic acid groups (broad SMARTS) is 1. The van der Waals surface area contributed by atoms with Gasteiger partial charge in [-0.25, -0.2) is 14.8 Å². The summed E-state index contributed by atoms with van der Waals surface area (Å²) < 4.78 is 0. The molecule has 2 rings (SSSR count). The van der Waals surface area contributed by atoms with Crippen LogP contribution in [0.5, 0.6) is 0 Å². The normalized spacial score (nSPS) is 24.8. The summed E-state index contributed by atoms with van der Waals surface area (Å²) in [5.41, 5.74) is 0.0530. The second-order valence-electron chi connectivity index (χ2n) is 4.41. The highest BCUT2D eigenvalue weighted by atomic mass is 16.4. The average Bonchev–Trinajstić information content (AvgIpc) is 2.59. The van der Waals surface area contributed by atoms with E-state index in [0.29, 0.717) is 17.8 Å². The molecule has 1 aliphatic heterocycles. The molecule has 0 aromatic carbocycles. The Bertz CT molecular complexity index is 398. The molecule has 1 aromatic heterocycles. The number of anilines is 1. The highest BCUT2D eigenvalue weighted by Gasteiger charge is 2.27. The van der Waals surface area contributed by atoms with Crippen molar-refractivity contribution in [2.24, 2.45) is 11.8 Å². The smallest absolute Gasteiger partial charge is 0.354 e. The lowest BCUT2D eigenvalue weighted by Gasteiger charge is -2.15. The third kappa shape index (κ3) is 1.98.